The second-order valence-electron chi connectivity index (χ2n) is 5.77. The molecule has 2 heterocycles. The molecule has 0 unspecified atom stereocenters. The fourth-order valence-electron chi connectivity index (χ4n) is 3.06. The maximum Gasteiger partial charge on any atom is 0.223 e. The summed E-state index contributed by atoms with van der Waals surface area (Å²) in [6.45, 7) is 2.97. The molecular formula is C16H23Cl2N3O2S. The Morgan fingerprint density at radius 3 is 2.88 bits per heavy atom. The first-order valence-corrected chi connectivity index (χ1v) is 8.54. The van der Waals surface area contributed by atoms with Crippen molar-refractivity contribution in [1.29, 1.82) is 0 Å². The average Bonchev–Trinajstić information content (AvgIpc) is 3.24. The van der Waals surface area contributed by atoms with E-state index in [0.29, 0.717) is 19.0 Å². The fraction of sp³-hybridized carbons (Fsp3) is 0.500. The first kappa shape index (κ1) is 21.0. The van der Waals surface area contributed by atoms with Crippen LogP contribution in [0.5, 0.6) is 0 Å². The quantitative estimate of drug-likeness (QED) is 0.816. The SMILES string of the molecule is Cc1nc(-c2ccc(CNC(=O)[C@@H]3CCC[C@@H]3CN)o2)cs1.Cl.Cl. The van der Waals surface area contributed by atoms with Crippen LogP contribution in [0.25, 0.3) is 11.5 Å². The number of furan rings is 1. The number of hydrogen-bond donors (Lipinski definition) is 2. The highest BCUT2D eigenvalue weighted by Crippen LogP contribution is 2.31. The van der Waals surface area contributed by atoms with Gasteiger partial charge in [-0.1, -0.05) is 6.42 Å². The van der Waals surface area contributed by atoms with Crippen molar-refractivity contribution in [2.24, 2.45) is 17.6 Å². The summed E-state index contributed by atoms with van der Waals surface area (Å²) in [6, 6.07) is 3.79. The molecule has 0 bridgehead atoms. The van der Waals surface area contributed by atoms with Crippen molar-refractivity contribution < 1.29 is 9.21 Å². The third-order valence-corrected chi connectivity index (χ3v) is 5.04. The zero-order valence-corrected chi connectivity index (χ0v) is 15.9. The zero-order chi connectivity index (χ0) is 15.5. The Bertz CT molecular complexity index is 659. The Balaban J connectivity index is 0.00000144. The molecule has 1 amide bonds. The molecule has 2 atom stereocenters. The Morgan fingerprint density at radius 1 is 1.42 bits per heavy atom. The van der Waals surface area contributed by atoms with Crippen molar-refractivity contribution in [2.75, 3.05) is 6.54 Å². The van der Waals surface area contributed by atoms with E-state index >= 15 is 0 Å². The molecule has 2 aromatic heterocycles. The van der Waals surface area contributed by atoms with Crippen LogP contribution in [-0.4, -0.2) is 17.4 Å². The van der Waals surface area contributed by atoms with Crippen molar-refractivity contribution >= 4 is 42.1 Å². The van der Waals surface area contributed by atoms with Crippen molar-refractivity contribution in [3.05, 3.63) is 28.3 Å². The molecule has 24 heavy (non-hydrogen) atoms. The number of aryl methyl sites for hydroxylation is 1. The van der Waals surface area contributed by atoms with Gasteiger partial charge in [-0.05, 0) is 44.4 Å². The highest BCUT2D eigenvalue weighted by atomic mass is 35.5. The van der Waals surface area contributed by atoms with Crippen LogP contribution in [0.15, 0.2) is 21.9 Å². The van der Waals surface area contributed by atoms with E-state index in [1.54, 1.807) is 11.3 Å². The van der Waals surface area contributed by atoms with Gasteiger partial charge < -0.3 is 15.5 Å². The molecule has 0 aliphatic heterocycles. The van der Waals surface area contributed by atoms with Crippen LogP contribution in [0.1, 0.15) is 30.0 Å². The van der Waals surface area contributed by atoms with E-state index in [2.05, 4.69) is 10.3 Å². The zero-order valence-electron chi connectivity index (χ0n) is 13.5. The van der Waals surface area contributed by atoms with Crippen LogP contribution in [0, 0.1) is 18.8 Å². The maximum atomic E-state index is 12.2. The van der Waals surface area contributed by atoms with Gasteiger partial charge in [-0.25, -0.2) is 4.98 Å². The van der Waals surface area contributed by atoms with Crippen molar-refractivity contribution in [3.63, 3.8) is 0 Å². The van der Waals surface area contributed by atoms with E-state index in [1.807, 2.05) is 24.4 Å². The first-order valence-electron chi connectivity index (χ1n) is 7.66. The number of carbonyl (C=O) groups excluding carboxylic acids is 1. The van der Waals surface area contributed by atoms with E-state index in [1.165, 1.54) is 0 Å². The lowest BCUT2D eigenvalue weighted by atomic mass is 9.95. The minimum Gasteiger partial charge on any atom is -0.458 e. The highest BCUT2D eigenvalue weighted by Gasteiger charge is 2.31. The lowest BCUT2D eigenvalue weighted by Crippen LogP contribution is -2.34. The van der Waals surface area contributed by atoms with Crippen molar-refractivity contribution in [3.8, 4) is 11.5 Å². The van der Waals surface area contributed by atoms with Crippen LogP contribution < -0.4 is 11.1 Å². The van der Waals surface area contributed by atoms with Gasteiger partial charge in [0.05, 0.1) is 11.6 Å². The van der Waals surface area contributed by atoms with E-state index in [9.17, 15) is 4.79 Å². The Morgan fingerprint density at radius 2 is 2.21 bits per heavy atom. The van der Waals surface area contributed by atoms with Crippen molar-refractivity contribution in [2.45, 2.75) is 32.7 Å². The van der Waals surface area contributed by atoms with Crippen LogP contribution in [0.2, 0.25) is 0 Å². The summed E-state index contributed by atoms with van der Waals surface area (Å²) in [6.07, 6.45) is 3.09. The van der Waals surface area contributed by atoms with Gasteiger partial charge in [-0.2, -0.15) is 0 Å². The Hall–Kier alpha value is -1.08. The van der Waals surface area contributed by atoms with Gasteiger partial charge in [0.25, 0.3) is 0 Å². The van der Waals surface area contributed by atoms with E-state index in [-0.39, 0.29) is 36.6 Å². The van der Waals surface area contributed by atoms with Crippen LogP contribution in [-0.2, 0) is 11.3 Å². The van der Waals surface area contributed by atoms with Crippen LogP contribution >= 0.6 is 36.2 Å². The van der Waals surface area contributed by atoms with Crippen LogP contribution in [0.4, 0.5) is 0 Å². The molecule has 5 nitrogen and oxygen atoms in total. The van der Waals surface area contributed by atoms with Crippen molar-refractivity contribution in [1.82, 2.24) is 10.3 Å². The highest BCUT2D eigenvalue weighted by molar-refractivity contribution is 7.09. The summed E-state index contributed by atoms with van der Waals surface area (Å²) in [7, 11) is 0. The summed E-state index contributed by atoms with van der Waals surface area (Å²) in [5.74, 6) is 1.96. The molecule has 0 aromatic carbocycles. The molecule has 3 rings (SSSR count). The van der Waals surface area contributed by atoms with Gasteiger partial charge >= 0.3 is 0 Å². The maximum absolute atomic E-state index is 12.2. The number of nitrogens with zero attached hydrogens (tertiary/aromatic N) is 1. The third-order valence-electron chi connectivity index (χ3n) is 4.27. The van der Waals surface area contributed by atoms with Gasteiger partial charge in [-0.3, -0.25) is 4.79 Å². The third kappa shape index (κ3) is 4.72. The number of nitrogens with two attached hydrogens (primary N) is 1. The minimum atomic E-state index is 0. The molecule has 3 N–H and O–H groups in total. The molecule has 1 fully saturated rings. The number of nitrogens with one attached hydrogen (secondary N) is 1. The number of amides is 1. The number of aromatic nitrogens is 1. The topological polar surface area (TPSA) is 81.2 Å². The number of rotatable bonds is 5. The van der Waals surface area contributed by atoms with E-state index in [0.717, 1.165) is 41.5 Å². The minimum absolute atomic E-state index is 0. The number of carbonyl (C=O) groups is 1. The second kappa shape index (κ2) is 9.42. The molecular weight excluding hydrogens is 369 g/mol. The largest absolute Gasteiger partial charge is 0.458 e. The molecule has 1 saturated carbocycles. The van der Waals surface area contributed by atoms with E-state index < -0.39 is 0 Å². The molecule has 1 aliphatic rings. The molecule has 0 spiro atoms. The Kier molecular flexibility index (Phi) is 8.22. The second-order valence-corrected chi connectivity index (χ2v) is 6.83. The molecule has 8 heteroatoms. The number of thiazole rings is 1. The molecule has 2 aromatic rings. The summed E-state index contributed by atoms with van der Waals surface area (Å²) in [4.78, 5) is 16.6. The molecule has 0 radical (unpaired) electrons. The normalized spacial score (nSPS) is 19.4. The first-order chi connectivity index (χ1) is 10.7. The van der Waals surface area contributed by atoms with Crippen LogP contribution in [0.3, 0.4) is 0 Å². The lowest BCUT2D eigenvalue weighted by molar-refractivity contribution is -0.126. The monoisotopic (exact) mass is 391 g/mol. The standard InChI is InChI=1S/C16H21N3O2S.2ClH/c1-10-19-14(9-22-10)15-6-5-12(21-15)8-18-16(20)13-4-2-3-11(13)7-17;;/h5-6,9,11,13H,2-4,7-8,17H2,1H3,(H,18,20);2*1H/t11-,13-;;/m1../s1. The lowest BCUT2D eigenvalue weighted by Gasteiger charge is -2.16. The van der Waals surface area contributed by atoms with E-state index in [4.69, 9.17) is 10.2 Å². The van der Waals surface area contributed by atoms with Gasteiger partial charge in [0, 0.05) is 11.3 Å². The smallest absolute Gasteiger partial charge is 0.223 e. The summed E-state index contributed by atoms with van der Waals surface area (Å²) in [5.41, 5.74) is 6.58. The average molecular weight is 392 g/mol. The number of halogens is 2. The molecule has 134 valence electrons. The predicted molar refractivity (Wildman–Crippen MR) is 101 cm³/mol. The summed E-state index contributed by atoms with van der Waals surface area (Å²) in [5, 5.41) is 5.95. The summed E-state index contributed by atoms with van der Waals surface area (Å²) >= 11 is 1.59. The summed E-state index contributed by atoms with van der Waals surface area (Å²) < 4.78 is 5.75. The van der Waals surface area contributed by atoms with Gasteiger partial charge in [-0.15, -0.1) is 36.2 Å². The number of hydrogen-bond acceptors (Lipinski definition) is 5. The fourth-order valence-corrected chi connectivity index (χ4v) is 3.66. The Labute approximate surface area is 158 Å². The molecule has 0 saturated heterocycles. The van der Waals surface area contributed by atoms with Gasteiger partial charge in [0.1, 0.15) is 11.5 Å². The van der Waals surface area contributed by atoms with Gasteiger partial charge in [0.2, 0.25) is 5.91 Å². The molecule has 1 aliphatic carbocycles. The predicted octanol–water partition coefficient (Wildman–Crippen LogP) is 3.55. The van der Waals surface area contributed by atoms with Gasteiger partial charge in [0.15, 0.2) is 5.76 Å².